The molecule has 1 saturated heterocycles. The van der Waals surface area contributed by atoms with Gasteiger partial charge >= 0.3 is 7.12 Å². The molecular formula is C20H24BN3O5. The third-order valence-electron chi connectivity index (χ3n) is 4.76. The van der Waals surface area contributed by atoms with Crippen LogP contribution in [-0.4, -0.2) is 59.6 Å². The van der Waals surface area contributed by atoms with E-state index in [1.807, 2.05) is 26.0 Å². The molecule has 1 aliphatic heterocycles. The Morgan fingerprint density at radius 1 is 1.28 bits per heavy atom. The van der Waals surface area contributed by atoms with Gasteiger partial charge in [0, 0.05) is 37.0 Å². The van der Waals surface area contributed by atoms with Gasteiger partial charge in [-0.05, 0) is 49.1 Å². The highest BCUT2D eigenvalue weighted by molar-refractivity contribution is 6.60. The summed E-state index contributed by atoms with van der Waals surface area (Å²) in [7, 11) is -1.77. The van der Waals surface area contributed by atoms with Crippen LogP contribution in [0.15, 0.2) is 36.5 Å². The number of hydrogen-bond donors (Lipinski definition) is 3. The first-order valence-electron chi connectivity index (χ1n) is 9.46. The number of amides is 1. The molecule has 2 heterocycles. The standard InChI is InChI=1S/C20H24BN3O5/c1-13-10-24(11-14(2)29-13)19-7-15(5-6-22-19)9-23-20(26)16-3-4-18(21(27)28)17(8-16)12-25/h3-8,12-14,27-28H,9-11H2,1-2H3,(H,23,26)/t13-,14+. The summed E-state index contributed by atoms with van der Waals surface area (Å²) in [6.07, 6.45) is 2.45. The Hall–Kier alpha value is -2.75. The van der Waals surface area contributed by atoms with E-state index in [0.29, 0.717) is 12.8 Å². The fraction of sp³-hybridized carbons (Fsp3) is 0.350. The SMILES string of the molecule is C[C@@H]1CN(c2cc(CNC(=O)c3ccc(B(O)O)c(C=O)c3)ccn2)C[C@H](C)O1. The van der Waals surface area contributed by atoms with E-state index in [9.17, 15) is 19.6 Å². The highest BCUT2D eigenvalue weighted by Gasteiger charge is 2.23. The number of carbonyl (C=O) groups is 2. The first-order chi connectivity index (χ1) is 13.9. The number of nitrogens with one attached hydrogen (secondary N) is 1. The molecule has 8 nitrogen and oxygen atoms in total. The average molecular weight is 397 g/mol. The smallest absolute Gasteiger partial charge is 0.423 e. The maximum absolute atomic E-state index is 12.4. The molecule has 2 aromatic rings. The molecule has 1 aliphatic rings. The van der Waals surface area contributed by atoms with Crippen LogP contribution in [0.25, 0.3) is 0 Å². The van der Waals surface area contributed by atoms with Crippen LogP contribution in [0.3, 0.4) is 0 Å². The van der Waals surface area contributed by atoms with Gasteiger partial charge in [0.15, 0.2) is 0 Å². The van der Waals surface area contributed by atoms with Crippen molar-refractivity contribution in [3.8, 4) is 0 Å². The average Bonchev–Trinajstić information content (AvgIpc) is 2.71. The van der Waals surface area contributed by atoms with Gasteiger partial charge in [-0.1, -0.05) is 6.07 Å². The third kappa shape index (κ3) is 5.20. The van der Waals surface area contributed by atoms with Crippen molar-refractivity contribution in [3.05, 3.63) is 53.2 Å². The first kappa shape index (κ1) is 21.0. The predicted molar refractivity (Wildman–Crippen MR) is 109 cm³/mol. The molecule has 0 saturated carbocycles. The second-order valence-electron chi connectivity index (χ2n) is 7.20. The quantitative estimate of drug-likeness (QED) is 0.469. The summed E-state index contributed by atoms with van der Waals surface area (Å²) in [6, 6.07) is 7.91. The molecule has 1 aromatic heterocycles. The second kappa shape index (κ2) is 9.17. The van der Waals surface area contributed by atoms with Gasteiger partial charge in [-0.2, -0.15) is 0 Å². The summed E-state index contributed by atoms with van der Waals surface area (Å²) in [5.41, 5.74) is 1.29. The Morgan fingerprint density at radius 2 is 2.00 bits per heavy atom. The van der Waals surface area contributed by atoms with Crippen molar-refractivity contribution in [1.82, 2.24) is 10.3 Å². The zero-order valence-corrected chi connectivity index (χ0v) is 16.4. The molecule has 0 radical (unpaired) electrons. The summed E-state index contributed by atoms with van der Waals surface area (Å²) in [5, 5.41) is 21.3. The van der Waals surface area contributed by atoms with Gasteiger partial charge in [-0.15, -0.1) is 0 Å². The van der Waals surface area contributed by atoms with Crippen molar-refractivity contribution < 1.29 is 24.4 Å². The zero-order chi connectivity index (χ0) is 21.0. The lowest BCUT2D eigenvalue weighted by atomic mass is 9.77. The lowest BCUT2D eigenvalue weighted by molar-refractivity contribution is -0.00546. The molecule has 2 atom stereocenters. The predicted octanol–water partition coefficient (Wildman–Crippen LogP) is 0.117. The number of benzene rings is 1. The van der Waals surface area contributed by atoms with Gasteiger partial charge in [0.25, 0.3) is 5.91 Å². The number of aromatic nitrogens is 1. The number of aldehydes is 1. The number of pyridine rings is 1. The molecule has 29 heavy (non-hydrogen) atoms. The minimum atomic E-state index is -1.77. The first-order valence-corrected chi connectivity index (χ1v) is 9.46. The molecule has 1 amide bonds. The molecule has 0 spiro atoms. The number of ether oxygens (including phenoxy) is 1. The van der Waals surface area contributed by atoms with Crippen LogP contribution in [0.5, 0.6) is 0 Å². The molecule has 3 N–H and O–H groups in total. The number of hydrogen-bond acceptors (Lipinski definition) is 7. The van der Waals surface area contributed by atoms with Crippen LogP contribution in [0.1, 0.15) is 40.1 Å². The van der Waals surface area contributed by atoms with E-state index in [1.165, 1.54) is 18.2 Å². The Kier molecular flexibility index (Phi) is 6.63. The fourth-order valence-electron chi connectivity index (χ4n) is 3.45. The number of nitrogens with zero attached hydrogens (tertiary/aromatic N) is 2. The summed E-state index contributed by atoms with van der Waals surface area (Å²) < 4.78 is 5.76. The number of morpholine rings is 1. The van der Waals surface area contributed by atoms with Crippen molar-refractivity contribution in [2.75, 3.05) is 18.0 Å². The monoisotopic (exact) mass is 397 g/mol. The molecule has 1 aromatic carbocycles. The van der Waals surface area contributed by atoms with Gasteiger partial charge in [-0.3, -0.25) is 9.59 Å². The Balaban J connectivity index is 1.67. The zero-order valence-electron chi connectivity index (χ0n) is 16.4. The van der Waals surface area contributed by atoms with Gasteiger partial charge in [0.1, 0.15) is 12.1 Å². The molecule has 9 heteroatoms. The van der Waals surface area contributed by atoms with E-state index < -0.39 is 7.12 Å². The summed E-state index contributed by atoms with van der Waals surface area (Å²) in [4.78, 5) is 30.2. The normalized spacial score (nSPS) is 19.0. The summed E-state index contributed by atoms with van der Waals surface area (Å²) >= 11 is 0. The highest BCUT2D eigenvalue weighted by atomic mass is 16.5. The molecular weight excluding hydrogens is 373 g/mol. The fourth-order valence-corrected chi connectivity index (χ4v) is 3.45. The Morgan fingerprint density at radius 3 is 2.66 bits per heavy atom. The van der Waals surface area contributed by atoms with Crippen LogP contribution < -0.4 is 15.7 Å². The van der Waals surface area contributed by atoms with Crippen molar-refractivity contribution in [2.24, 2.45) is 0 Å². The van der Waals surface area contributed by atoms with Crippen molar-refractivity contribution in [3.63, 3.8) is 0 Å². The minimum Gasteiger partial charge on any atom is -0.423 e. The van der Waals surface area contributed by atoms with Crippen molar-refractivity contribution in [1.29, 1.82) is 0 Å². The molecule has 152 valence electrons. The van der Waals surface area contributed by atoms with Gasteiger partial charge in [0.05, 0.1) is 12.2 Å². The molecule has 1 fully saturated rings. The topological polar surface area (TPSA) is 112 Å². The van der Waals surface area contributed by atoms with Gasteiger partial charge < -0.3 is 25.0 Å². The summed E-state index contributed by atoms with van der Waals surface area (Å²) in [5.74, 6) is 0.474. The van der Waals surface area contributed by atoms with E-state index in [0.717, 1.165) is 24.5 Å². The molecule has 0 unspecified atom stereocenters. The van der Waals surface area contributed by atoms with E-state index in [2.05, 4.69) is 15.2 Å². The minimum absolute atomic E-state index is 0.0595. The molecule has 0 bridgehead atoms. The number of carbonyl (C=O) groups excluding carboxylic acids is 2. The third-order valence-corrected chi connectivity index (χ3v) is 4.76. The molecule has 3 rings (SSSR count). The van der Waals surface area contributed by atoms with Crippen LogP contribution in [0.2, 0.25) is 0 Å². The van der Waals surface area contributed by atoms with Crippen molar-refractivity contribution >= 4 is 30.6 Å². The van der Waals surface area contributed by atoms with Crippen LogP contribution in [0.4, 0.5) is 5.82 Å². The highest BCUT2D eigenvalue weighted by Crippen LogP contribution is 2.19. The number of rotatable bonds is 6. The Bertz CT molecular complexity index is 882. The van der Waals surface area contributed by atoms with E-state index in [-0.39, 0.29) is 34.7 Å². The van der Waals surface area contributed by atoms with Crippen LogP contribution in [-0.2, 0) is 11.3 Å². The maximum Gasteiger partial charge on any atom is 0.489 e. The van der Waals surface area contributed by atoms with Gasteiger partial charge in [0.2, 0.25) is 0 Å². The maximum atomic E-state index is 12.4. The lowest BCUT2D eigenvalue weighted by Gasteiger charge is -2.36. The van der Waals surface area contributed by atoms with E-state index >= 15 is 0 Å². The second-order valence-corrected chi connectivity index (χ2v) is 7.20. The molecule has 0 aliphatic carbocycles. The largest absolute Gasteiger partial charge is 0.489 e. The van der Waals surface area contributed by atoms with Crippen LogP contribution >= 0.6 is 0 Å². The lowest BCUT2D eigenvalue weighted by Crippen LogP contribution is -2.45. The number of anilines is 1. The summed E-state index contributed by atoms with van der Waals surface area (Å²) in [6.45, 7) is 5.86. The van der Waals surface area contributed by atoms with Crippen molar-refractivity contribution in [2.45, 2.75) is 32.6 Å². The Labute approximate surface area is 169 Å². The van der Waals surface area contributed by atoms with Gasteiger partial charge in [-0.25, -0.2) is 4.98 Å². The van der Waals surface area contributed by atoms with E-state index in [4.69, 9.17) is 4.74 Å². The van der Waals surface area contributed by atoms with Crippen LogP contribution in [0, 0.1) is 0 Å². The van der Waals surface area contributed by atoms with E-state index in [1.54, 1.807) is 6.20 Å².